The van der Waals surface area contributed by atoms with Crippen LogP contribution in [0.15, 0.2) is 24.5 Å². The van der Waals surface area contributed by atoms with Crippen LogP contribution in [0, 0.1) is 6.92 Å². The standard InChI is InChI=1S/C13H16N4/c1-8(2)13-16-11(6-12(14)17-13)10-7-15-5-4-9(10)3/h4-8H,1-3H3,(H2,14,16,17). The normalized spacial score (nSPS) is 10.8. The molecule has 0 saturated heterocycles. The smallest absolute Gasteiger partial charge is 0.133 e. The zero-order valence-electron chi connectivity index (χ0n) is 10.3. The summed E-state index contributed by atoms with van der Waals surface area (Å²) >= 11 is 0. The minimum absolute atomic E-state index is 0.259. The van der Waals surface area contributed by atoms with Gasteiger partial charge in [-0.15, -0.1) is 0 Å². The van der Waals surface area contributed by atoms with Crippen LogP contribution in [-0.4, -0.2) is 15.0 Å². The third-order valence-electron chi connectivity index (χ3n) is 2.59. The molecule has 0 fully saturated rings. The summed E-state index contributed by atoms with van der Waals surface area (Å²) in [5.74, 6) is 1.53. The maximum absolute atomic E-state index is 5.81. The van der Waals surface area contributed by atoms with Gasteiger partial charge >= 0.3 is 0 Å². The molecule has 88 valence electrons. The van der Waals surface area contributed by atoms with Gasteiger partial charge in [-0.2, -0.15) is 0 Å². The summed E-state index contributed by atoms with van der Waals surface area (Å²) < 4.78 is 0. The van der Waals surface area contributed by atoms with Crippen molar-refractivity contribution in [2.45, 2.75) is 26.7 Å². The van der Waals surface area contributed by atoms with Crippen LogP contribution in [0.3, 0.4) is 0 Å². The van der Waals surface area contributed by atoms with Gasteiger partial charge in [0.2, 0.25) is 0 Å². The van der Waals surface area contributed by atoms with Gasteiger partial charge in [0.15, 0.2) is 0 Å². The monoisotopic (exact) mass is 228 g/mol. The maximum Gasteiger partial charge on any atom is 0.133 e. The molecule has 0 aliphatic carbocycles. The van der Waals surface area contributed by atoms with Crippen molar-refractivity contribution in [2.24, 2.45) is 0 Å². The number of aromatic nitrogens is 3. The highest BCUT2D eigenvalue weighted by molar-refractivity contribution is 5.64. The minimum atomic E-state index is 0.259. The van der Waals surface area contributed by atoms with Crippen molar-refractivity contribution in [2.75, 3.05) is 5.73 Å². The Labute approximate surface area is 101 Å². The second kappa shape index (κ2) is 4.49. The molecule has 0 amide bonds. The van der Waals surface area contributed by atoms with Crippen molar-refractivity contribution in [3.8, 4) is 11.3 Å². The van der Waals surface area contributed by atoms with E-state index in [1.807, 2.05) is 13.0 Å². The molecule has 4 heteroatoms. The largest absolute Gasteiger partial charge is 0.384 e. The first-order valence-corrected chi connectivity index (χ1v) is 5.63. The number of rotatable bonds is 2. The Morgan fingerprint density at radius 2 is 2.00 bits per heavy atom. The Morgan fingerprint density at radius 1 is 1.24 bits per heavy atom. The van der Waals surface area contributed by atoms with Crippen LogP contribution >= 0.6 is 0 Å². The summed E-state index contributed by atoms with van der Waals surface area (Å²) in [4.78, 5) is 12.9. The molecular weight excluding hydrogens is 212 g/mol. The fraction of sp³-hybridized carbons (Fsp3) is 0.308. The number of nitrogens with zero attached hydrogens (tertiary/aromatic N) is 3. The zero-order chi connectivity index (χ0) is 12.4. The summed E-state index contributed by atoms with van der Waals surface area (Å²) in [6, 6.07) is 3.75. The molecule has 2 rings (SSSR count). The predicted molar refractivity (Wildman–Crippen MR) is 68.5 cm³/mol. The highest BCUT2D eigenvalue weighted by atomic mass is 15.0. The molecule has 0 spiro atoms. The first-order chi connectivity index (χ1) is 8.08. The molecule has 2 aromatic heterocycles. The van der Waals surface area contributed by atoms with Gasteiger partial charge in [-0.25, -0.2) is 9.97 Å². The second-order valence-electron chi connectivity index (χ2n) is 4.38. The van der Waals surface area contributed by atoms with E-state index in [9.17, 15) is 0 Å². The van der Waals surface area contributed by atoms with Crippen molar-refractivity contribution in [3.05, 3.63) is 35.9 Å². The molecule has 17 heavy (non-hydrogen) atoms. The molecule has 0 radical (unpaired) electrons. The molecule has 2 aromatic rings. The number of hydrogen-bond donors (Lipinski definition) is 1. The van der Waals surface area contributed by atoms with E-state index < -0.39 is 0 Å². The fourth-order valence-corrected chi connectivity index (χ4v) is 1.61. The van der Waals surface area contributed by atoms with Gasteiger partial charge in [-0.05, 0) is 18.6 Å². The Morgan fingerprint density at radius 3 is 2.65 bits per heavy atom. The number of nitrogens with two attached hydrogens (primary N) is 1. The molecule has 2 heterocycles. The summed E-state index contributed by atoms with van der Waals surface area (Å²) in [5, 5.41) is 0. The van der Waals surface area contributed by atoms with Crippen LogP contribution in [0.4, 0.5) is 5.82 Å². The summed E-state index contributed by atoms with van der Waals surface area (Å²) in [7, 11) is 0. The van der Waals surface area contributed by atoms with Crippen LogP contribution in [-0.2, 0) is 0 Å². The van der Waals surface area contributed by atoms with Crippen molar-refractivity contribution >= 4 is 5.82 Å². The fourth-order valence-electron chi connectivity index (χ4n) is 1.61. The molecule has 4 nitrogen and oxygen atoms in total. The molecular formula is C13H16N4. The Balaban J connectivity index is 2.56. The van der Waals surface area contributed by atoms with Crippen LogP contribution < -0.4 is 5.73 Å². The number of hydrogen-bond acceptors (Lipinski definition) is 4. The van der Waals surface area contributed by atoms with Crippen molar-refractivity contribution in [3.63, 3.8) is 0 Å². The molecule has 0 aromatic carbocycles. The van der Waals surface area contributed by atoms with Gasteiger partial charge in [0.1, 0.15) is 11.6 Å². The van der Waals surface area contributed by atoms with Crippen LogP contribution in [0.1, 0.15) is 31.2 Å². The van der Waals surface area contributed by atoms with Gasteiger partial charge in [0, 0.05) is 29.9 Å². The van der Waals surface area contributed by atoms with E-state index in [0.29, 0.717) is 5.82 Å². The van der Waals surface area contributed by atoms with Crippen LogP contribution in [0.5, 0.6) is 0 Å². The molecule has 0 saturated carbocycles. The van der Waals surface area contributed by atoms with E-state index >= 15 is 0 Å². The van der Waals surface area contributed by atoms with E-state index in [4.69, 9.17) is 5.73 Å². The van der Waals surface area contributed by atoms with Gasteiger partial charge in [0.05, 0.1) is 5.69 Å². The summed E-state index contributed by atoms with van der Waals surface area (Å²) in [5.41, 5.74) is 8.79. The summed E-state index contributed by atoms with van der Waals surface area (Å²) in [6.07, 6.45) is 3.58. The van der Waals surface area contributed by atoms with Crippen LogP contribution in [0.2, 0.25) is 0 Å². The van der Waals surface area contributed by atoms with Crippen LogP contribution in [0.25, 0.3) is 11.3 Å². The lowest BCUT2D eigenvalue weighted by Gasteiger charge is -2.09. The molecule has 0 unspecified atom stereocenters. The van der Waals surface area contributed by atoms with E-state index in [1.165, 1.54) is 0 Å². The van der Waals surface area contributed by atoms with E-state index in [2.05, 4.69) is 28.8 Å². The lowest BCUT2D eigenvalue weighted by Crippen LogP contribution is -2.03. The van der Waals surface area contributed by atoms with Crippen molar-refractivity contribution < 1.29 is 0 Å². The van der Waals surface area contributed by atoms with E-state index in [1.54, 1.807) is 18.5 Å². The molecule has 0 aliphatic rings. The SMILES string of the molecule is Cc1ccncc1-c1cc(N)nc(C(C)C)n1. The average molecular weight is 228 g/mol. The maximum atomic E-state index is 5.81. The second-order valence-corrected chi connectivity index (χ2v) is 4.38. The molecule has 0 aliphatic heterocycles. The Bertz CT molecular complexity index is 535. The molecule has 2 N–H and O–H groups in total. The Kier molecular flexibility index (Phi) is 3.04. The lowest BCUT2D eigenvalue weighted by atomic mass is 10.1. The lowest BCUT2D eigenvalue weighted by molar-refractivity contribution is 0.778. The predicted octanol–water partition coefficient (Wildman–Crippen LogP) is 2.55. The number of anilines is 1. The number of aryl methyl sites for hydroxylation is 1. The minimum Gasteiger partial charge on any atom is -0.384 e. The first-order valence-electron chi connectivity index (χ1n) is 5.63. The third-order valence-corrected chi connectivity index (χ3v) is 2.59. The third kappa shape index (κ3) is 2.41. The average Bonchev–Trinajstić information content (AvgIpc) is 2.28. The highest BCUT2D eigenvalue weighted by Crippen LogP contribution is 2.23. The number of pyridine rings is 1. The number of nitrogen functional groups attached to an aromatic ring is 1. The Hall–Kier alpha value is -1.97. The van der Waals surface area contributed by atoms with Gasteiger partial charge < -0.3 is 5.73 Å². The molecule has 0 bridgehead atoms. The topological polar surface area (TPSA) is 64.7 Å². The zero-order valence-corrected chi connectivity index (χ0v) is 10.3. The quantitative estimate of drug-likeness (QED) is 0.857. The van der Waals surface area contributed by atoms with Crippen molar-refractivity contribution in [1.29, 1.82) is 0 Å². The molecule has 0 atom stereocenters. The van der Waals surface area contributed by atoms with Gasteiger partial charge in [0.25, 0.3) is 0 Å². The highest BCUT2D eigenvalue weighted by Gasteiger charge is 2.09. The van der Waals surface area contributed by atoms with Gasteiger partial charge in [-0.1, -0.05) is 13.8 Å². The van der Waals surface area contributed by atoms with Gasteiger partial charge in [-0.3, -0.25) is 4.98 Å². The van der Waals surface area contributed by atoms with E-state index in [-0.39, 0.29) is 5.92 Å². The van der Waals surface area contributed by atoms with Crippen molar-refractivity contribution in [1.82, 2.24) is 15.0 Å². The first kappa shape index (κ1) is 11.5. The summed E-state index contributed by atoms with van der Waals surface area (Å²) in [6.45, 7) is 6.13. The van der Waals surface area contributed by atoms with E-state index in [0.717, 1.165) is 22.6 Å².